The molecule has 0 amide bonds. The van der Waals surface area contributed by atoms with Crippen molar-refractivity contribution >= 4 is 23.3 Å². The molecule has 0 bridgehead atoms. The molecule has 1 fully saturated rings. The van der Waals surface area contributed by atoms with Crippen LogP contribution in [0.5, 0.6) is 0 Å². The Kier molecular flexibility index (Phi) is 2.52. The molecule has 5 nitrogen and oxygen atoms in total. The Balaban J connectivity index is 2.12. The normalized spacial score (nSPS) is 18.9. The number of rotatable bonds is 1. The van der Waals surface area contributed by atoms with E-state index < -0.39 is 0 Å². The number of piperazine rings is 1. The molecule has 1 aromatic rings. The van der Waals surface area contributed by atoms with Gasteiger partial charge in [0.15, 0.2) is 5.82 Å². The molecule has 0 atom stereocenters. The van der Waals surface area contributed by atoms with E-state index in [1.54, 1.807) is 0 Å². The molecular weight excluding hydrogens is 204 g/mol. The number of likely N-dealkylation sites (N-methyl/N-ethyl adjacent to an activating group) is 1. The maximum atomic E-state index is 5.94. The van der Waals surface area contributed by atoms with Crippen molar-refractivity contribution in [3.63, 3.8) is 0 Å². The summed E-state index contributed by atoms with van der Waals surface area (Å²) in [5, 5.41) is 4.26. The molecule has 0 radical (unpaired) electrons. The van der Waals surface area contributed by atoms with E-state index in [-0.39, 0.29) is 5.88 Å². The van der Waals surface area contributed by atoms with Gasteiger partial charge < -0.3 is 20.1 Å². The van der Waals surface area contributed by atoms with Crippen LogP contribution in [0.3, 0.4) is 0 Å². The molecule has 1 aliphatic rings. The van der Waals surface area contributed by atoms with Crippen LogP contribution < -0.4 is 10.6 Å². The van der Waals surface area contributed by atoms with Gasteiger partial charge in [0.2, 0.25) is 5.88 Å². The Labute approximate surface area is 87.4 Å². The number of nitrogens with zero attached hydrogens (tertiary/aromatic N) is 3. The van der Waals surface area contributed by atoms with Crippen LogP contribution in [0.2, 0.25) is 5.02 Å². The van der Waals surface area contributed by atoms with Gasteiger partial charge in [-0.25, -0.2) is 0 Å². The average molecular weight is 217 g/mol. The summed E-state index contributed by atoms with van der Waals surface area (Å²) in [5.41, 5.74) is 5.48. The molecule has 0 aliphatic carbocycles. The maximum Gasteiger partial charge on any atom is 0.243 e. The second-order valence-corrected chi connectivity index (χ2v) is 3.85. The summed E-state index contributed by atoms with van der Waals surface area (Å²) in [6.07, 6.45) is 0. The van der Waals surface area contributed by atoms with Crippen LogP contribution >= 0.6 is 11.6 Å². The summed E-state index contributed by atoms with van der Waals surface area (Å²) >= 11 is 5.94. The lowest BCUT2D eigenvalue weighted by Crippen LogP contribution is -2.44. The topological polar surface area (TPSA) is 58.5 Å². The Hall–Kier alpha value is -0.940. The fourth-order valence-electron chi connectivity index (χ4n) is 1.50. The highest BCUT2D eigenvalue weighted by Crippen LogP contribution is 2.30. The molecule has 2 N–H and O–H groups in total. The molecule has 1 aliphatic heterocycles. The zero-order chi connectivity index (χ0) is 10.1. The van der Waals surface area contributed by atoms with Crippen LogP contribution in [0.15, 0.2) is 4.52 Å². The Morgan fingerprint density at radius 3 is 2.50 bits per heavy atom. The van der Waals surface area contributed by atoms with Crippen molar-refractivity contribution < 1.29 is 4.52 Å². The first kappa shape index (κ1) is 9.61. The molecular formula is C8H13ClN4O. The molecule has 0 unspecified atom stereocenters. The molecule has 0 aromatic carbocycles. The number of halogens is 1. The highest BCUT2D eigenvalue weighted by atomic mass is 35.5. The van der Waals surface area contributed by atoms with Crippen LogP contribution in [-0.4, -0.2) is 43.3 Å². The van der Waals surface area contributed by atoms with Gasteiger partial charge in [-0.1, -0.05) is 16.8 Å². The van der Waals surface area contributed by atoms with Gasteiger partial charge >= 0.3 is 0 Å². The predicted molar refractivity (Wildman–Crippen MR) is 55.6 cm³/mol. The highest BCUT2D eigenvalue weighted by Gasteiger charge is 2.21. The monoisotopic (exact) mass is 216 g/mol. The van der Waals surface area contributed by atoms with E-state index in [1.165, 1.54) is 0 Å². The van der Waals surface area contributed by atoms with Gasteiger partial charge in [-0.3, -0.25) is 0 Å². The third kappa shape index (κ3) is 1.65. The van der Waals surface area contributed by atoms with Gasteiger partial charge in [-0.05, 0) is 7.05 Å². The van der Waals surface area contributed by atoms with E-state index in [1.807, 2.05) is 0 Å². The van der Waals surface area contributed by atoms with E-state index in [9.17, 15) is 0 Å². The van der Waals surface area contributed by atoms with Gasteiger partial charge in [0, 0.05) is 26.2 Å². The molecule has 78 valence electrons. The minimum Gasteiger partial charge on any atom is -0.366 e. The standard InChI is InChI=1S/C8H13ClN4O/c1-12-2-4-13(5-3-12)8-6(9)7(10)14-11-8/h2-5,10H2,1H3. The average Bonchev–Trinajstić information content (AvgIpc) is 2.50. The lowest BCUT2D eigenvalue weighted by atomic mass is 10.3. The lowest BCUT2D eigenvalue weighted by molar-refractivity contribution is 0.310. The molecule has 2 heterocycles. The lowest BCUT2D eigenvalue weighted by Gasteiger charge is -2.32. The second-order valence-electron chi connectivity index (χ2n) is 3.47. The van der Waals surface area contributed by atoms with Crippen molar-refractivity contribution in [2.24, 2.45) is 0 Å². The van der Waals surface area contributed by atoms with Gasteiger partial charge in [-0.15, -0.1) is 0 Å². The molecule has 1 saturated heterocycles. The van der Waals surface area contributed by atoms with Gasteiger partial charge in [0.1, 0.15) is 5.02 Å². The van der Waals surface area contributed by atoms with Crippen molar-refractivity contribution in [2.75, 3.05) is 43.9 Å². The number of hydrogen-bond donors (Lipinski definition) is 1. The smallest absolute Gasteiger partial charge is 0.243 e. The van der Waals surface area contributed by atoms with Crippen LogP contribution in [0.25, 0.3) is 0 Å². The molecule has 1 aromatic heterocycles. The summed E-state index contributed by atoms with van der Waals surface area (Å²) in [7, 11) is 2.09. The van der Waals surface area contributed by atoms with E-state index in [2.05, 4.69) is 22.0 Å². The molecule has 2 rings (SSSR count). The first-order valence-corrected chi connectivity index (χ1v) is 4.90. The molecule has 6 heteroatoms. The zero-order valence-electron chi connectivity index (χ0n) is 8.03. The fourth-order valence-corrected chi connectivity index (χ4v) is 1.69. The number of nitrogens with two attached hydrogens (primary N) is 1. The Bertz CT molecular complexity index is 319. The Morgan fingerprint density at radius 2 is 2.00 bits per heavy atom. The SMILES string of the molecule is CN1CCN(c2noc(N)c2Cl)CC1. The van der Waals surface area contributed by atoms with E-state index in [4.69, 9.17) is 21.9 Å². The van der Waals surface area contributed by atoms with E-state index in [0.717, 1.165) is 26.2 Å². The first-order chi connectivity index (χ1) is 6.68. The van der Waals surface area contributed by atoms with Gasteiger partial charge in [0.05, 0.1) is 0 Å². The summed E-state index contributed by atoms with van der Waals surface area (Å²) in [6.45, 7) is 3.82. The third-order valence-corrected chi connectivity index (χ3v) is 2.80. The quantitative estimate of drug-likeness (QED) is 0.748. The van der Waals surface area contributed by atoms with Gasteiger partial charge in [-0.2, -0.15) is 0 Å². The van der Waals surface area contributed by atoms with Crippen LogP contribution in [0.1, 0.15) is 0 Å². The molecule has 0 spiro atoms. The summed E-state index contributed by atoms with van der Waals surface area (Å²) in [6, 6.07) is 0. The second kappa shape index (κ2) is 3.67. The van der Waals surface area contributed by atoms with Crippen LogP contribution in [-0.2, 0) is 0 Å². The van der Waals surface area contributed by atoms with Crippen molar-refractivity contribution in [3.8, 4) is 0 Å². The zero-order valence-corrected chi connectivity index (χ0v) is 8.79. The number of anilines is 2. The summed E-state index contributed by atoms with van der Waals surface area (Å²) in [5.74, 6) is 0.859. The minimum atomic E-state index is 0.195. The number of nitrogen functional groups attached to an aromatic ring is 1. The largest absolute Gasteiger partial charge is 0.366 e. The third-order valence-electron chi connectivity index (χ3n) is 2.45. The van der Waals surface area contributed by atoms with Crippen molar-refractivity contribution in [2.45, 2.75) is 0 Å². The van der Waals surface area contributed by atoms with Crippen molar-refractivity contribution in [3.05, 3.63) is 5.02 Å². The summed E-state index contributed by atoms with van der Waals surface area (Å²) in [4.78, 5) is 4.34. The van der Waals surface area contributed by atoms with Crippen LogP contribution in [0, 0.1) is 0 Å². The van der Waals surface area contributed by atoms with Gasteiger partial charge in [0.25, 0.3) is 0 Å². The minimum absolute atomic E-state index is 0.195. The summed E-state index contributed by atoms with van der Waals surface area (Å²) < 4.78 is 4.82. The molecule has 14 heavy (non-hydrogen) atoms. The van der Waals surface area contributed by atoms with E-state index in [0.29, 0.717) is 10.8 Å². The Morgan fingerprint density at radius 1 is 1.36 bits per heavy atom. The maximum absolute atomic E-state index is 5.94. The van der Waals surface area contributed by atoms with Crippen molar-refractivity contribution in [1.29, 1.82) is 0 Å². The fraction of sp³-hybridized carbons (Fsp3) is 0.625. The number of hydrogen-bond acceptors (Lipinski definition) is 5. The predicted octanol–water partition coefficient (Wildman–Crippen LogP) is 0.662. The van der Waals surface area contributed by atoms with Crippen LogP contribution in [0.4, 0.5) is 11.7 Å². The first-order valence-electron chi connectivity index (χ1n) is 4.52. The molecule has 0 saturated carbocycles. The van der Waals surface area contributed by atoms with E-state index >= 15 is 0 Å². The highest BCUT2D eigenvalue weighted by molar-refractivity contribution is 6.35. The van der Waals surface area contributed by atoms with Crippen molar-refractivity contribution in [1.82, 2.24) is 10.1 Å². The number of aromatic nitrogens is 1.